The minimum atomic E-state index is -0.316. The van der Waals surface area contributed by atoms with Gasteiger partial charge in [0.1, 0.15) is 17.0 Å². The van der Waals surface area contributed by atoms with Gasteiger partial charge in [-0.25, -0.2) is 0 Å². The second kappa shape index (κ2) is 6.28. The summed E-state index contributed by atoms with van der Waals surface area (Å²) in [6, 6.07) is 12.5. The minimum absolute atomic E-state index is 0.280. The molecule has 0 aliphatic heterocycles. The molecule has 27 heavy (non-hydrogen) atoms. The molecular formula is C20H17N3O4. The largest absolute Gasteiger partial charge is 0.497 e. The van der Waals surface area contributed by atoms with Gasteiger partial charge in [0.05, 0.1) is 30.8 Å². The van der Waals surface area contributed by atoms with Crippen LogP contribution in [0.3, 0.4) is 0 Å². The lowest BCUT2D eigenvalue weighted by Crippen LogP contribution is -2.10. The monoisotopic (exact) mass is 363 g/mol. The number of fused-ring (bicyclic) bond motifs is 3. The Bertz CT molecular complexity index is 1240. The number of carbonyl (C=O) groups excluding carboxylic acids is 1. The number of hydrogen-bond donors (Lipinski definition) is 1. The number of ether oxygens (including phenoxy) is 2. The molecule has 0 unspecified atom stereocenters. The molecule has 0 saturated heterocycles. The van der Waals surface area contributed by atoms with Crippen molar-refractivity contribution in [1.82, 2.24) is 14.8 Å². The van der Waals surface area contributed by atoms with Crippen molar-refractivity contribution in [2.24, 2.45) is 0 Å². The molecule has 0 saturated carbocycles. The van der Waals surface area contributed by atoms with Crippen molar-refractivity contribution in [2.45, 2.75) is 6.92 Å². The van der Waals surface area contributed by atoms with E-state index in [4.69, 9.17) is 9.47 Å². The number of methoxy groups -OCH3 is 2. The van der Waals surface area contributed by atoms with Crippen LogP contribution in [0.1, 0.15) is 11.7 Å². The molecule has 0 atom stereocenters. The fraction of sp³-hybridized carbons (Fsp3) is 0.150. The van der Waals surface area contributed by atoms with Crippen molar-refractivity contribution in [2.75, 3.05) is 14.2 Å². The number of nitrogens with one attached hydrogen (secondary N) is 1. The van der Waals surface area contributed by atoms with Crippen LogP contribution in [-0.4, -0.2) is 34.9 Å². The summed E-state index contributed by atoms with van der Waals surface area (Å²) in [7, 11) is 3.14. The van der Waals surface area contributed by atoms with Crippen LogP contribution < -0.4 is 15.0 Å². The Kier molecular flexibility index (Phi) is 3.92. The van der Waals surface area contributed by atoms with Crippen LogP contribution in [0.5, 0.6) is 11.5 Å². The molecule has 0 amide bonds. The Balaban J connectivity index is 2.10. The first-order valence-electron chi connectivity index (χ1n) is 8.31. The number of nitrogens with zero attached hydrogens (tertiary/aromatic N) is 2. The van der Waals surface area contributed by atoms with Crippen molar-refractivity contribution in [3.8, 4) is 22.8 Å². The topological polar surface area (TPSA) is 86.2 Å². The third-order valence-electron chi connectivity index (χ3n) is 4.50. The van der Waals surface area contributed by atoms with Gasteiger partial charge in [0, 0.05) is 23.9 Å². The first-order chi connectivity index (χ1) is 13.0. The fourth-order valence-corrected chi connectivity index (χ4v) is 3.21. The number of carbonyl (C=O) groups is 1. The SMILES string of the molecule is COc1ccc(-c2c3c(=O)[nH]c4cc(OC)ccc4c3nn2C(C)=O)cc1. The summed E-state index contributed by atoms with van der Waals surface area (Å²) < 4.78 is 11.7. The third-order valence-corrected chi connectivity index (χ3v) is 4.50. The van der Waals surface area contributed by atoms with E-state index in [1.165, 1.54) is 11.6 Å². The van der Waals surface area contributed by atoms with Gasteiger partial charge in [-0.15, -0.1) is 0 Å². The average Bonchev–Trinajstić information content (AvgIpc) is 3.09. The maximum atomic E-state index is 12.9. The first kappa shape index (κ1) is 16.8. The molecule has 4 rings (SSSR count). The lowest BCUT2D eigenvalue weighted by molar-refractivity contribution is 0.0924. The summed E-state index contributed by atoms with van der Waals surface area (Å²) in [4.78, 5) is 28.0. The molecule has 0 fully saturated rings. The van der Waals surface area contributed by atoms with Crippen molar-refractivity contribution < 1.29 is 14.3 Å². The Hall–Kier alpha value is -3.61. The smallest absolute Gasteiger partial charge is 0.260 e. The normalized spacial score (nSPS) is 11.1. The van der Waals surface area contributed by atoms with Gasteiger partial charge in [-0.1, -0.05) is 0 Å². The van der Waals surface area contributed by atoms with Crippen molar-refractivity contribution >= 4 is 27.7 Å². The standard InChI is InChI=1S/C20H17N3O4/c1-11(24)23-19(12-4-6-13(26-2)7-5-12)17-18(22-23)15-9-8-14(27-3)10-16(15)21-20(17)25/h4-10H,1-3H3,(H,21,25). The molecule has 4 aromatic rings. The predicted molar refractivity (Wildman–Crippen MR) is 103 cm³/mol. The van der Waals surface area contributed by atoms with E-state index in [1.54, 1.807) is 50.6 Å². The summed E-state index contributed by atoms with van der Waals surface area (Å²) in [6.45, 7) is 1.41. The molecule has 2 heterocycles. The highest BCUT2D eigenvalue weighted by atomic mass is 16.5. The van der Waals surface area contributed by atoms with E-state index >= 15 is 0 Å². The Morgan fingerprint density at radius 1 is 1.04 bits per heavy atom. The maximum Gasteiger partial charge on any atom is 0.260 e. The molecule has 0 bridgehead atoms. The zero-order valence-corrected chi connectivity index (χ0v) is 15.1. The highest BCUT2D eigenvalue weighted by Gasteiger charge is 2.21. The number of pyridine rings is 1. The van der Waals surface area contributed by atoms with Gasteiger partial charge in [0.25, 0.3) is 5.56 Å². The number of aromatic amines is 1. The molecule has 7 nitrogen and oxygen atoms in total. The van der Waals surface area contributed by atoms with E-state index in [0.29, 0.717) is 39.2 Å². The number of hydrogen-bond acceptors (Lipinski definition) is 5. The summed E-state index contributed by atoms with van der Waals surface area (Å²) in [5, 5.41) is 5.56. The highest BCUT2D eigenvalue weighted by molar-refractivity contribution is 6.09. The summed E-state index contributed by atoms with van der Waals surface area (Å²) in [5.41, 5.74) is 1.91. The number of rotatable bonds is 3. The number of H-pyrrole nitrogens is 1. The van der Waals surface area contributed by atoms with Gasteiger partial charge in [-0.3, -0.25) is 9.59 Å². The second-order valence-corrected chi connectivity index (χ2v) is 6.10. The molecule has 2 aromatic carbocycles. The van der Waals surface area contributed by atoms with Crippen molar-refractivity contribution in [3.63, 3.8) is 0 Å². The van der Waals surface area contributed by atoms with Gasteiger partial charge in [-0.2, -0.15) is 9.78 Å². The average molecular weight is 363 g/mol. The predicted octanol–water partition coefficient (Wildman–Crippen LogP) is 3.22. The van der Waals surface area contributed by atoms with E-state index in [1.807, 2.05) is 6.07 Å². The van der Waals surface area contributed by atoms with Gasteiger partial charge in [0.2, 0.25) is 5.91 Å². The van der Waals surface area contributed by atoms with E-state index in [0.717, 1.165) is 5.39 Å². The molecule has 7 heteroatoms. The molecule has 0 aliphatic carbocycles. The van der Waals surface area contributed by atoms with Crippen molar-refractivity contribution in [1.29, 1.82) is 0 Å². The van der Waals surface area contributed by atoms with Crippen LogP contribution >= 0.6 is 0 Å². The van der Waals surface area contributed by atoms with Crippen LogP contribution in [0, 0.1) is 0 Å². The number of benzene rings is 2. The number of aromatic nitrogens is 3. The molecule has 0 radical (unpaired) electrons. The van der Waals surface area contributed by atoms with E-state index in [9.17, 15) is 9.59 Å². The lowest BCUT2D eigenvalue weighted by Gasteiger charge is -2.06. The molecule has 136 valence electrons. The van der Waals surface area contributed by atoms with Crippen molar-refractivity contribution in [3.05, 3.63) is 52.8 Å². The van der Waals surface area contributed by atoms with Gasteiger partial charge in [-0.05, 0) is 36.4 Å². The van der Waals surface area contributed by atoms with E-state index < -0.39 is 0 Å². The summed E-state index contributed by atoms with van der Waals surface area (Å²) in [6.07, 6.45) is 0. The van der Waals surface area contributed by atoms with Crippen LogP contribution in [-0.2, 0) is 0 Å². The van der Waals surface area contributed by atoms with Gasteiger partial charge < -0.3 is 14.5 Å². The molecule has 0 spiro atoms. The fourth-order valence-electron chi connectivity index (χ4n) is 3.21. The van der Waals surface area contributed by atoms with Crippen LogP contribution in [0.4, 0.5) is 0 Å². The first-order valence-corrected chi connectivity index (χ1v) is 8.31. The second-order valence-electron chi connectivity index (χ2n) is 6.10. The zero-order chi connectivity index (χ0) is 19.1. The Morgan fingerprint density at radius 3 is 2.33 bits per heavy atom. The molecule has 1 N–H and O–H groups in total. The summed E-state index contributed by atoms with van der Waals surface area (Å²) >= 11 is 0. The quantitative estimate of drug-likeness (QED) is 0.604. The molecule has 0 aliphatic rings. The Labute approximate surface area is 154 Å². The maximum absolute atomic E-state index is 12.9. The highest BCUT2D eigenvalue weighted by Crippen LogP contribution is 2.32. The third kappa shape index (κ3) is 2.64. The van der Waals surface area contributed by atoms with Crippen LogP contribution in [0.15, 0.2) is 47.3 Å². The van der Waals surface area contributed by atoms with Gasteiger partial charge >= 0.3 is 0 Å². The Morgan fingerprint density at radius 2 is 1.70 bits per heavy atom. The molecule has 2 aromatic heterocycles. The van der Waals surface area contributed by atoms with E-state index in [-0.39, 0.29) is 11.5 Å². The zero-order valence-electron chi connectivity index (χ0n) is 15.1. The van der Waals surface area contributed by atoms with Gasteiger partial charge in [0.15, 0.2) is 0 Å². The van der Waals surface area contributed by atoms with E-state index in [2.05, 4.69) is 10.1 Å². The minimum Gasteiger partial charge on any atom is -0.497 e. The van der Waals surface area contributed by atoms with Crippen LogP contribution in [0.2, 0.25) is 0 Å². The van der Waals surface area contributed by atoms with Crippen LogP contribution in [0.25, 0.3) is 33.1 Å². The lowest BCUT2D eigenvalue weighted by atomic mass is 10.1. The molecular weight excluding hydrogens is 346 g/mol. The summed E-state index contributed by atoms with van der Waals surface area (Å²) in [5.74, 6) is 1.03.